The van der Waals surface area contributed by atoms with E-state index in [1.54, 1.807) is 0 Å². The third kappa shape index (κ3) is 2.26. The molecule has 2 rings (SSSR count). The molecule has 2 fully saturated rings. The largest absolute Gasteiger partial charge is 0.376 e. The van der Waals surface area contributed by atoms with Crippen molar-refractivity contribution in [3.63, 3.8) is 0 Å². The average Bonchev–Trinajstić information content (AvgIpc) is 2.39. The fourth-order valence-corrected chi connectivity index (χ4v) is 5.36. The molecule has 2 heterocycles. The molecule has 0 aliphatic carbocycles. The number of rotatable bonds is 3. The minimum atomic E-state index is -1.06. The molecule has 0 saturated carbocycles. The third-order valence-electron chi connectivity index (χ3n) is 4.18. The van der Waals surface area contributed by atoms with Crippen LogP contribution in [0.3, 0.4) is 0 Å². The molecule has 0 amide bonds. The van der Waals surface area contributed by atoms with Gasteiger partial charge in [0.1, 0.15) is 0 Å². The van der Waals surface area contributed by atoms with Gasteiger partial charge < -0.3 is 9.47 Å². The Hall–Kier alpha value is -0.123. The summed E-state index contributed by atoms with van der Waals surface area (Å²) >= 11 is 0. The van der Waals surface area contributed by atoms with Crippen LogP contribution in [0.2, 0.25) is 6.55 Å². The molecule has 3 unspecified atom stereocenters. The Balaban J connectivity index is 2.14. The van der Waals surface area contributed by atoms with Crippen LogP contribution in [0.15, 0.2) is 12.3 Å². The first-order valence-electron chi connectivity index (χ1n) is 6.68. The van der Waals surface area contributed by atoms with Gasteiger partial charge in [0.15, 0.2) is 0 Å². The zero-order valence-electron chi connectivity index (χ0n) is 10.4. The quantitative estimate of drug-likeness (QED) is 0.706. The Bertz CT molecular complexity index is 230. The van der Waals surface area contributed by atoms with Crippen molar-refractivity contribution in [3.8, 4) is 0 Å². The van der Waals surface area contributed by atoms with Crippen LogP contribution in [0.4, 0.5) is 0 Å². The van der Waals surface area contributed by atoms with Crippen molar-refractivity contribution in [2.75, 3.05) is 13.2 Å². The number of hydrogen-bond acceptors (Lipinski definition) is 2. The molecule has 2 nitrogen and oxygen atoms in total. The van der Waals surface area contributed by atoms with E-state index < -0.39 is 8.80 Å². The molecule has 2 aliphatic heterocycles. The van der Waals surface area contributed by atoms with E-state index in [1.165, 1.54) is 38.5 Å². The lowest BCUT2D eigenvalue weighted by atomic mass is 9.97. The van der Waals surface area contributed by atoms with E-state index >= 15 is 0 Å². The Kier molecular flexibility index (Phi) is 4.22. The van der Waals surface area contributed by atoms with Gasteiger partial charge in [-0.05, 0) is 38.5 Å². The van der Waals surface area contributed by atoms with E-state index in [0.29, 0.717) is 6.10 Å². The van der Waals surface area contributed by atoms with Gasteiger partial charge in [0, 0.05) is 13.2 Å². The summed E-state index contributed by atoms with van der Waals surface area (Å²) in [5, 5.41) is 0.0560. The molecule has 0 spiro atoms. The van der Waals surface area contributed by atoms with Crippen LogP contribution in [0.25, 0.3) is 0 Å². The van der Waals surface area contributed by atoms with Crippen LogP contribution in [0, 0.1) is 0 Å². The average molecular weight is 240 g/mol. The number of ether oxygens (including phenoxy) is 2. The zero-order chi connectivity index (χ0) is 11.4. The van der Waals surface area contributed by atoms with Gasteiger partial charge >= 0.3 is 0 Å². The SMILES string of the molecule is C=C[SiH](C)C1(C2CCCCO2)CCCCO1. The molecular weight excluding hydrogens is 216 g/mol. The molecule has 0 N–H and O–H groups in total. The van der Waals surface area contributed by atoms with Crippen LogP contribution >= 0.6 is 0 Å². The van der Waals surface area contributed by atoms with E-state index in [1.807, 2.05) is 0 Å². The highest BCUT2D eigenvalue weighted by atomic mass is 28.3. The molecule has 0 aromatic carbocycles. The van der Waals surface area contributed by atoms with Crippen molar-refractivity contribution < 1.29 is 9.47 Å². The Labute approximate surface area is 101 Å². The van der Waals surface area contributed by atoms with Gasteiger partial charge in [0.25, 0.3) is 0 Å². The molecule has 3 atom stereocenters. The lowest BCUT2D eigenvalue weighted by Gasteiger charge is -2.47. The molecule has 0 radical (unpaired) electrons. The molecule has 0 aromatic rings. The minimum absolute atomic E-state index is 0.0560. The molecule has 3 heteroatoms. The summed E-state index contributed by atoms with van der Waals surface area (Å²) < 4.78 is 12.2. The topological polar surface area (TPSA) is 18.5 Å². The van der Waals surface area contributed by atoms with Crippen molar-refractivity contribution in [2.45, 2.75) is 56.4 Å². The standard InChI is InChI=1S/C13H24O2Si/c1-3-16(2)13(9-5-7-11-15-13)12-8-4-6-10-14-12/h3,12,16H,1,4-11H2,2H3. The van der Waals surface area contributed by atoms with Gasteiger partial charge in [0.05, 0.1) is 20.1 Å². The monoisotopic (exact) mass is 240 g/mol. The number of hydrogen-bond donors (Lipinski definition) is 0. The maximum absolute atomic E-state index is 6.22. The highest BCUT2D eigenvalue weighted by Gasteiger charge is 2.46. The lowest BCUT2D eigenvalue weighted by Crippen LogP contribution is -2.58. The van der Waals surface area contributed by atoms with E-state index in [4.69, 9.17) is 9.47 Å². The second-order valence-corrected chi connectivity index (χ2v) is 8.17. The van der Waals surface area contributed by atoms with E-state index in [-0.39, 0.29) is 5.22 Å². The summed E-state index contributed by atoms with van der Waals surface area (Å²) in [5.41, 5.74) is 2.17. The summed E-state index contributed by atoms with van der Waals surface area (Å²) in [6.07, 6.45) is 7.76. The molecule has 0 bridgehead atoms. The van der Waals surface area contributed by atoms with Gasteiger partial charge in [-0.3, -0.25) is 0 Å². The first-order chi connectivity index (χ1) is 7.79. The molecule has 2 saturated heterocycles. The van der Waals surface area contributed by atoms with Crippen molar-refractivity contribution in [2.24, 2.45) is 0 Å². The van der Waals surface area contributed by atoms with Crippen LogP contribution in [0.1, 0.15) is 38.5 Å². The predicted molar refractivity (Wildman–Crippen MR) is 69.3 cm³/mol. The van der Waals surface area contributed by atoms with Gasteiger partial charge in [-0.2, -0.15) is 0 Å². The van der Waals surface area contributed by atoms with Crippen LogP contribution in [-0.2, 0) is 9.47 Å². The maximum atomic E-state index is 6.22. The van der Waals surface area contributed by atoms with Gasteiger partial charge in [-0.15, -0.1) is 12.3 Å². The Morgan fingerprint density at radius 1 is 1.25 bits per heavy atom. The molecule has 0 aromatic heterocycles. The summed E-state index contributed by atoms with van der Waals surface area (Å²) in [6, 6.07) is 0. The van der Waals surface area contributed by atoms with Crippen LogP contribution in [0.5, 0.6) is 0 Å². The minimum Gasteiger partial charge on any atom is -0.376 e. The second-order valence-electron chi connectivity index (χ2n) is 5.14. The molecule has 16 heavy (non-hydrogen) atoms. The predicted octanol–water partition coefficient (Wildman–Crippen LogP) is 2.62. The second kappa shape index (κ2) is 5.47. The summed E-state index contributed by atoms with van der Waals surface area (Å²) in [4.78, 5) is 0. The Morgan fingerprint density at radius 3 is 2.62 bits per heavy atom. The fourth-order valence-electron chi connectivity index (χ4n) is 3.07. The van der Waals surface area contributed by atoms with Gasteiger partial charge in [0.2, 0.25) is 0 Å². The maximum Gasteiger partial charge on any atom is 0.0986 e. The van der Waals surface area contributed by atoms with Crippen molar-refractivity contribution in [1.82, 2.24) is 0 Å². The zero-order valence-corrected chi connectivity index (χ0v) is 11.6. The van der Waals surface area contributed by atoms with Crippen molar-refractivity contribution >= 4 is 8.80 Å². The van der Waals surface area contributed by atoms with Gasteiger partial charge in [-0.25, -0.2) is 0 Å². The molecule has 92 valence electrons. The van der Waals surface area contributed by atoms with Crippen LogP contribution < -0.4 is 0 Å². The highest BCUT2D eigenvalue weighted by molar-refractivity contribution is 6.66. The van der Waals surface area contributed by atoms with E-state index in [0.717, 1.165) is 13.2 Å². The molecule has 2 aliphatic rings. The van der Waals surface area contributed by atoms with Crippen molar-refractivity contribution in [3.05, 3.63) is 12.3 Å². The summed E-state index contributed by atoms with van der Waals surface area (Å²) in [5.74, 6) is 0. The van der Waals surface area contributed by atoms with Gasteiger partial charge in [-0.1, -0.05) is 6.55 Å². The van der Waals surface area contributed by atoms with Crippen molar-refractivity contribution in [1.29, 1.82) is 0 Å². The summed E-state index contributed by atoms with van der Waals surface area (Å²) in [6.45, 7) is 8.21. The fraction of sp³-hybridized carbons (Fsp3) is 0.846. The Morgan fingerprint density at radius 2 is 2.06 bits per heavy atom. The smallest absolute Gasteiger partial charge is 0.0986 e. The van der Waals surface area contributed by atoms with Crippen LogP contribution in [-0.4, -0.2) is 33.3 Å². The normalized spacial score (nSPS) is 37.9. The van der Waals surface area contributed by atoms with E-state index in [2.05, 4.69) is 18.8 Å². The molecular formula is C13H24O2Si. The lowest BCUT2D eigenvalue weighted by molar-refractivity contribution is -0.136. The first-order valence-corrected chi connectivity index (χ1v) is 9.07. The van der Waals surface area contributed by atoms with E-state index in [9.17, 15) is 0 Å². The highest BCUT2D eigenvalue weighted by Crippen LogP contribution is 2.36. The summed E-state index contributed by atoms with van der Waals surface area (Å²) in [7, 11) is -1.06. The third-order valence-corrected chi connectivity index (χ3v) is 7.26. The first kappa shape index (κ1) is 12.3.